The van der Waals surface area contributed by atoms with Gasteiger partial charge >= 0.3 is 0 Å². The van der Waals surface area contributed by atoms with Crippen LogP contribution in [0.4, 0.5) is 0 Å². The monoisotopic (exact) mass is 250 g/mol. The molecule has 4 heteroatoms. The lowest BCUT2D eigenvalue weighted by Crippen LogP contribution is -2.29. The molecule has 0 spiro atoms. The van der Waals surface area contributed by atoms with Crippen LogP contribution in [0.3, 0.4) is 0 Å². The number of carbonyl (C=O) groups excluding carboxylic acids is 1. The van der Waals surface area contributed by atoms with Crippen LogP contribution < -0.4 is 11.1 Å². The molecule has 0 aliphatic heterocycles. The second-order valence-corrected chi connectivity index (χ2v) is 5.48. The van der Waals surface area contributed by atoms with Gasteiger partial charge in [-0.15, -0.1) is 0 Å². The van der Waals surface area contributed by atoms with E-state index in [-0.39, 0.29) is 17.1 Å². The molecule has 1 amide bonds. The van der Waals surface area contributed by atoms with E-state index < -0.39 is 0 Å². The minimum atomic E-state index is -0.209. The number of aryl methyl sites for hydroxylation is 1. The number of rotatable bonds is 3. The number of nitrogens with one attached hydrogen (secondary N) is 1. The van der Waals surface area contributed by atoms with Crippen LogP contribution in [0.2, 0.25) is 0 Å². The van der Waals surface area contributed by atoms with E-state index in [0.29, 0.717) is 24.2 Å². The third-order valence-electron chi connectivity index (χ3n) is 2.80. The van der Waals surface area contributed by atoms with E-state index in [4.69, 9.17) is 5.73 Å². The lowest BCUT2D eigenvalue weighted by Gasteiger charge is -2.22. The van der Waals surface area contributed by atoms with Crippen molar-refractivity contribution in [2.75, 3.05) is 13.1 Å². The van der Waals surface area contributed by atoms with Gasteiger partial charge in [0, 0.05) is 24.2 Å². The molecule has 1 aromatic rings. The summed E-state index contributed by atoms with van der Waals surface area (Å²) in [6, 6.07) is 3.44. The Balaban J connectivity index is 3.17. The van der Waals surface area contributed by atoms with E-state index in [0.717, 1.165) is 5.56 Å². The molecule has 0 bridgehead atoms. The zero-order valence-corrected chi connectivity index (χ0v) is 11.5. The lowest BCUT2D eigenvalue weighted by molar-refractivity contribution is 0.0954. The lowest BCUT2D eigenvalue weighted by atomic mass is 9.84. The Kier molecular flexibility index (Phi) is 4.35. The summed E-state index contributed by atoms with van der Waals surface area (Å²) < 4.78 is 0. The van der Waals surface area contributed by atoms with Gasteiger partial charge in [0.15, 0.2) is 0 Å². The molecular weight excluding hydrogens is 228 g/mol. The Morgan fingerprint density at radius 2 is 2.00 bits per heavy atom. The fourth-order valence-electron chi connectivity index (χ4n) is 1.77. The largest absolute Gasteiger partial charge is 0.507 e. The fourth-order valence-corrected chi connectivity index (χ4v) is 1.77. The molecule has 0 atom stereocenters. The number of hydrogen-bond acceptors (Lipinski definition) is 3. The highest BCUT2D eigenvalue weighted by Gasteiger charge is 2.21. The second kappa shape index (κ2) is 5.40. The highest BCUT2D eigenvalue weighted by atomic mass is 16.3. The maximum Gasteiger partial charge on any atom is 0.251 e. The first kappa shape index (κ1) is 14.5. The van der Waals surface area contributed by atoms with Gasteiger partial charge in [-0.1, -0.05) is 20.8 Å². The molecule has 0 fully saturated rings. The molecular formula is C14H22N2O2. The summed E-state index contributed by atoms with van der Waals surface area (Å²) in [5.41, 5.74) is 7.19. The predicted octanol–water partition coefficient (Wildman–Crippen LogP) is 1.69. The normalized spacial score (nSPS) is 11.4. The van der Waals surface area contributed by atoms with Crippen molar-refractivity contribution in [1.82, 2.24) is 5.32 Å². The zero-order chi connectivity index (χ0) is 13.9. The van der Waals surface area contributed by atoms with E-state index in [9.17, 15) is 9.90 Å². The van der Waals surface area contributed by atoms with Crippen LogP contribution in [0.15, 0.2) is 12.1 Å². The Hall–Kier alpha value is -1.55. The number of benzene rings is 1. The first-order valence-corrected chi connectivity index (χ1v) is 6.09. The molecule has 0 heterocycles. The Morgan fingerprint density at radius 3 is 2.50 bits per heavy atom. The quantitative estimate of drug-likeness (QED) is 0.764. The molecule has 1 aromatic carbocycles. The summed E-state index contributed by atoms with van der Waals surface area (Å²) in [6.07, 6.45) is 0. The van der Waals surface area contributed by atoms with Gasteiger partial charge in [-0.25, -0.2) is 0 Å². The number of amides is 1. The van der Waals surface area contributed by atoms with E-state index >= 15 is 0 Å². The summed E-state index contributed by atoms with van der Waals surface area (Å²) in [5, 5.41) is 12.8. The van der Waals surface area contributed by atoms with Gasteiger partial charge in [0.25, 0.3) is 5.91 Å². The van der Waals surface area contributed by atoms with Crippen molar-refractivity contribution in [3.63, 3.8) is 0 Å². The van der Waals surface area contributed by atoms with Gasteiger partial charge in [-0.2, -0.15) is 0 Å². The van der Waals surface area contributed by atoms with Gasteiger partial charge in [0.2, 0.25) is 0 Å². The SMILES string of the molecule is Cc1cc(C(=O)NCCN)cc(C(C)(C)C)c1O. The van der Waals surface area contributed by atoms with Crippen LogP contribution in [0, 0.1) is 6.92 Å². The number of phenols is 1. The molecule has 100 valence electrons. The highest BCUT2D eigenvalue weighted by Crippen LogP contribution is 2.33. The highest BCUT2D eigenvalue weighted by molar-refractivity contribution is 5.95. The van der Waals surface area contributed by atoms with Crippen LogP contribution in [0.25, 0.3) is 0 Å². The Morgan fingerprint density at radius 1 is 1.39 bits per heavy atom. The molecule has 0 aliphatic carbocycles. The number of hydrogen-bond donors (Lipinski definition) is 3. The number of phenolic OH excluding ortho intramolecular Hbond substituents is 1. The van der Waals surface area contributed by atoms with Crippen molar-refractivity contribution in [3.8, 4) is 5.75 Å². The number of carbonyl (C=O) groups is 1. The molecule has 0 unspecified atom stereocenters. The second-order valence-electron chi connectivity index (χ2n) is 5.48. The molecule has 0 aromatic heterocycles. The predicted molar refractivity (Wildman–Crippen MR) is 72.9 cm³/mol. The van der Waals surface area contributed by atoms with Crippen LogP contribution in [0.5, 0.6) is 5.75 Å². The van der Waals surface area contributed by atoms with Gasteiger partial charge in [0.1, 0.15) is 5.75 Å². The molecule has 0 radical (unpaired) electrons. The maximum absolute atomic E-state index is 11.9. The third kappa shape index (κ3) is 3.23. The first-order valence-electron chi connectivity index (χ1n) is 6.09. The van der Waals surface area contributed by atoms with Crippen molar-refractivity contribution in [1.29, 1.82) is 0 Å². The average molecular weight is 250 g/mol. The molecule has 18 heavy (non-hydrogen) atoms. The Bertz CT molecular complexity index is 448. The molecule has 4 nitrogen and oxygen atoms in total. The van der Waals surface area contributed by atoms with Crippen molar-refractivity contribution < 1.29 is 9.90 Å². The van der Waals surface area contributed by atoms with Crippen LogP contribution in [-0.2, 0) is 5.41 Å². The third-order valence-corrected chi connectivity index (χ3v) is 2.80. The molecule has 0 saturated carbocycles. The van der Waals surface area contributed by atoms with E-state index in [1.807, 2.05) is 20.8 Å². The topological polar surface area (TPSA) is 75.4 Å². The fraction of sp³-hybridized carbons (Fsp3) is 0.500. The number of aromatic hydroxyl groups is 1. The smallest absolute Gasteiger partial charge is 0.251 e. The molecule has 4 N–H and O–H groups in total. The zero-order valence-electron chi connectivity index (χ0n) is 11.5. The minimum absolute atomic E-state index is 0.158. The van der Waals surface area contributed by atoms with Gasteiger partial charge < -0.3 is 16.2 Å². The molecule has 0 aliphatic rings. The average Bonchev–Trinajstić information content (AvgIpc) is 2.27. The summed E-state index contributed by atoms with van der Waals surface area (Å²) in [7, 11) is 0. The summed E-state index contributed by atoms with van der Waals surface area (Å²) >= 11 is 0. The standard InChI is InChI=1S/C14H22N2O2/c1-9-7-10(13(18)16-6-5-15)8-11(12(9)17)14(2,3)4/h7-8,17H,5-6,15H2,1-4H3,(H,16,18). The van der Waals surface area contributed by atoms with Crippen LogP contribution >= 0.6 is 0 Å². The summed E-state index contributed by atoms with van der Waals surface area (Å²) in [5.74, 6) is 0.104. The van der Waals surface area contributed by atoms with Gasteiger partial charge in [-0.3, -0.25) is 4.79 Å². The van der Waals surface area contributed by atoms with Crippen LogP contribution in [-0.4, -0.2) is 24.1 Å². The van der Waals surface area contributed by atoms with Gasteiger partial charge in [-0.05, 0) is 30.0 Å². The van der Waals surface area contributed by atoms with E-state index in [2.05, 4.69) is 5.32 Å². The number of nitrogens with two attached hydrogens (primary N) is 1. The summed E-state index contributed by atoms with van der Waals surface area (Å²) in [6.45, 7) is 8.66. The summed E-state index contributed by atoms with van der Waals surface area (Å²) in [4.78, 5) is 11.9. The Labute approximate surface area is 108 Å². The van der Waals surface area contributed by atoms with Crippen molar-refractivity contribution >= 4 is 5.91 Å². The molecule has 0 saturated heterocycles. The maximum atomic E-state index is 11.9. The minimum Gasteiger partial charge on any atom is -0.507 e. The van der Waals surface area contributed by atoms with E-state index in [1.54, 1.807) is 19.1 Å². The van der Waals surface area contributed by atoms with Crippen molar-refractivity contribution in [2.45, 2.75) is 33.1 Å². The molecule has 1 rings (SSSR count). The van der Waals surface area contributed by atoms with E-state index in [1.165, 1.54) is 0 Å². The van der Waals surface area contributed by atoms with Gasteiger partial charge in [0.05, 0.1) is 0 Å². The van der Waals surface area contributed by atoms with Crippen LogP contribution in [0.1, 0.15) is 42.3 Å². The van der Waals surface area contributed by atoms with Crippen molar-refractivity contribution in [3.05, 3.63) is 28.8 Å². The van der Waals surface area contributed by atoms with Crippen molar-refractivity contribution in [2.24, 2.45) is 5.73 Å². The first-order chi connectivity index (χ1) is 8.27.